The number of hydrogen-bond donors (Lipinski definition) is 2. The summed E-state index contributed by atoms with van der Waals surface area (Å²) >= 11 is 3.33. The Bertz CT molecular complexity index is 762. The standard InChI is InChI=1S/C17H17BrN2O4/c1-3-24-15-7-5-12(18)9-13(15)17(22)20-19-10-11-4-6-14(21)16(8-11)23-2/h4-10,21H,3H2,1-2H3,(H,20,22)/b19-10-. The van der Waals surface area contributed by atoms with Gasteiger partial charge in [-0.15, -0.1) is 0 Å². The monoisotopic (exact) mass is 392 g/mol. The number of amides is 1. The number of aromatic hydroxyl groups is 1. The minimum absolute atomic E-state index is 0.0363. The van der Waals surface area contributed by atoms with Gasteiger partial charge in [-0.2, -0.15) is 5.10 Å². The molecule has 0 saturated carbocycles. The first-order valence-corrected chi connectivity index (χ1v) is 7.97. The second-order valence-electron chi connectivity index (χ2n) is 4.70. The van der Waals surface area contributed by atoms with Crippen LogP contribution in [0.4, 0.5) is 0 Å². The van der Waals surface area contributed by atoms with Gasteiger partial charge in [0.15, 0.2) is 11.5 Å². The smallest absolute Gasteiger partial charge is 0.275 e. The van der Waals surface area contributed by atoms with Crippen molar-refractivity contribution >= 4 is 28.1 Å². The van der Waals surface area contributed by atoms with Crippen molar-refractivity contribution in [1.29, 1.82) is 0 Å². The Hall–Kier alpha value is -2.54. The Morgan fingerprint density at radius 2 is 2.08 bits per heavy atom. The highest BCUT2D eigenvalue weighted by atomic mass is 79.9. The molecule has 2 aromatic carbocycles. The average Bonchev–Trinajstić information content (AvgIpc) is 2.58. The summed E-state index contributed by atoms with van der Waals surface area (Å²) < 4.78 is 11.2. The summed E-state index contributed by atoms with van der Waals surface area (Å²) in [5.41, 5.74) is 3.50. The van der Waals surface area contributed by atoms with E-state index in [1.165, 1.54) is 19.4 Å². The Kier molecular flexibility index (Phi) is 6.20. The zero-order valence-electron chi connectivity index (χ0n) is 13.2. The van der Waals surface area contributed by atoms with Crippen LogP contribution >= 0.6 is 15.9 Å². The van der Waals surface area contributed by atoms with Crippen LogP contribution in [0.3, 0.4) is 0 Å². The predicted octanol–water partition coefficient (Wildman–Crippen LogP) is 3.33. The highest BCUT2D eigenvalue weighted by molar-refractivity contribution is 9.10. The Morgan fingerprint density at radius 1 is 1.29 bits per heavy atom. The van der Waals surface area contributed by atoms with Crippen LogP contribution in [0.2, 0.25) is 0 Å². The highest BCUT2D eigenvalue weighted by Crippen LogP contribution is 2.25. The molecule has 0 aliphatic heterocycles. The quantitative estimate of drug-likeness (QED) is 0.583. The van der Waals surface area contributed by atoms with Gasteiger partial charge in [0.05, 0.1) is 25.5 Å². The first-order chi connectivity index (χ1) is 11.5. The number of nitrogens with one attached hydrogen (secondary N) is 1. The molecule has 2 rings (SSSR count). The molecule has 6 nitrogen and oxygen atoms in total. The van der Waals surface area contributed by atoms with Gasteiger partial charge < -0.3 is 14.6 Å². The number of phenols is 1. The minimum atomic E-state index is -0.387. The second kappa shape index (κ2) is 8.35. The van der Waals surface area contributed by atoms with Crippen molar-refractivity contribution in [1.82, 2.24) is 5.43 Å². The van der Waals surface area contributed by atoms with Crippen LogP contribution in [0.5, 0.6) is 17.2 Å². The maximum Gasteiger partial charge on any atom is 0.275 e. The van der Waals surface area contributed by atoms with Crippen LogP contribution in [0.1, 0.15) is 22.8 Å². The molecule has 126 valence electrons. The van der Waals surface area contributed by atoms with Crippen molar-refractivity contribution in [2.75, 3.05) is 13.7 Å². The molecule has 0 unspecified atom stereocenters. The minimum Gasteiger partial charge on any atom is -0.504 e. The summed E-state index contributed by atoms with van der Waals surface area (Å²) in [5.74, 6) is 0.464. The number of rotatable bonds is 6. The zero-order chi connectivity index (χ0) is 17.5. The summed E-state index contributed by atoms with van der Waals surface area (Å²) in [5, 5.41) is 13.5. The fourth-order valence-electron chi connectivity index (χ4n) is 1.96. The molecule has 7 heteroatoms. The van der Waals surface area contributed by atoms with E-state index in [1.807, 2.05) is 6.92 Å². The lowest BCUT2D eigenvalue weighted by atomic mass is 10.2. The van der Waals surface area contributed by atoms with Crippen LogP contribution in [0.15, 0.2) is 46.0 Å². The lowest BCUT2D eigenvalue weighted by Crippen LogP contribution is -2.18. The van der Waals surface area contributed by atoms with Crippen molar-refractivity contribution in [3.05, 3.63) is 52.0 Å². The van der Waals surface area contributed by atoms with E-state index in [-0.39, 0.29) is 11.7 Å². The maximum atomic E-state index is 12.3. The van der Waals surface area contributed by atoms with Gasteiger partial charge in [0.25, 0.3) is 5.91 Å². The molecule has 0 radical (unpaired) electrons. The number of carbonyl (C=O) groups excluding carboxylic acids is 1. The molecule has 0 aliphatic rings. The largest absolute Gasteiger partial charge is 0.504 e. The van der Waals surface area contributed by atoms with Crippen molar-refractivity contribution in [2.45, 2.75) is 6.92 Å². The van der Waals surface area contributed by atoms with Crippen LogP contribution in [-0.4, -0.2) is 30.9 Å². The zero-order valence-corrected chi connectivity index (χ0v) is 14.8. The van der Waals surface area contributed by atoms with Gasteiger partial charge >= 0.3 is 0 Å². The van der Waals surface area contributed by atoms with Crippen molar-refractivity contribution < 1.29 is 19.4 Å². The maximum absolute atomic E-state index is 12.3. The number of ether oxygens (including phenoxy) is 2. The number of phenolic OH excluding ortho intramolecular Hbond substituents is 1. The van der Waals surface area contributed by atoms with Gasteiger partial charge in [0.1, 0.15) is 5.75 Å². The summed E-state index contributed by atoms with van der Waals surface area (Å²) in [6, 6.07) is 9.93. The third-order valence-corrected chi connectivity index (χ3v) is 3.56. The first-order valence-electron chi connectivity index (χ1n) is 7.18. The van der Waals surface area contributed by atoms with E-state index in [0.29, 0.717) is 29.2 Å². The number of halogens is 1. The van der Waals surface area contributed by atoms with E-state index >= 15 is 0 Å². The van der Waals surface area contributed by atoms with Gasteiger partial charge in [-0.05, 0) is 48.9 Å². The van der Waals surface area contributed by atoms with E-state index < -0.39 is 0 Å². The molecular formula is C17H17BrN2O4. The summed E-state index contributed by atoms with van der Waals surface area (Å²) in [6.07, 6.45) is 1.46. The van der Waals surface area contributed by atoms with Gasteiger partial charge in [-0.3, -0.25) is 4.79 Å². The predicted molar refractivity (Wildman–Crippen MR) is 95.0 cm³/mol. The number of carbonyl (C=O) groups is 1. The number of benzene rings is 2. The fraction of sp³-hybridized carbons (Fsp3) is 0.176. The van der Waals surface area contributed by atoms with E-state index in [0.717, 1.165) is 4.47 Å². The number of nitrogens with zero attached hydrogens (tertiary/aromatic N) is 1. The van der Waals surface area contributed by atoms with Crippen LogP contribution in [0.25, 0.3) is 0 Å². The molecule has 2 aromatic rings. The lowest BCUT2D eigenvalue weighted by molar-refractivity contribution is 0.0951. The molecular weight excluding hydrogens is 376 g/mol. The summed E-state index contributed by atoms with van der Waals surface area (Å²) in [6.45, 7) is 2.30. The van der Waals surface area contributed by atoms with E-state index in [9.17, 15) is 9.90 Å². The van der Waals surface area contributed by atoms with E-state index in [1.54, 1.807) is 30.3 Å². The normalized spacial score (nSPS) is 10.6. The SMILES string of the molecule is CCOc1ccc(Br)cc1C(=O)N/N=C\c1ccc(O)c(OC)c1. The Balaban J connectivity index is 2.12. The first kappa shape index (κ1) is 17.8. The Labute approximate surface area is 148 Å². The van der Waals surface area contributed by atoms with Crippen molar-refractivity contribution in [3.63, 3.8) is 0 Å². The molecule has 0 heterocycles. The van der Waals surface area contributed by atoms with Crippen LogP contribution in [-0.2, 0) is 0 Å². The molecule has 0 spiro atoms. The molecule has 1 amide bonds. The molecule has 0 saturated heterocycles. The average molecular weight is 393 g/mol. The van der Waals surface area contributed by atoms with E-state index in [4.69, 9.17) is 9.47 Å². The third kappa shape index (κ3) is 4.48. The second-order valence-corrected chi connectivity index (χ2v) is 5.62. The molecule has 24 heavy (non-hydrogen) atoms. The van der Waals surface area contributed by atoms with Gasteiger partial charge in [-0.1, -0.05) is 15.9 Å². The van der Waals surface area contributed by atoms with Gasteiger partial charge in [0.2, 0.25) is 0 Å². The van der Waals surface area contributed by atoms with E-state index in [2.05, 4.69) is 26.5 Å². The summed E-state index contributed by atoms with van der Waals surface area (Å²) in [4.78, 5) is 12.3. The number of hydrazone groups is 1. The van der Waals surface area contributed by atoms with Crippen molar-refractivity contribution in [3.8, 4) is 17.2 Å². The van der Waals surface area contributed by atoms with Gasteiger partial charge in [0, 0.05) is 4.47 Å². The lowest BCUT2D eigenvalue weighted by Gasteiger charge is -2.09. The van der Waals surface area contributed by atoms with Crippen LogP contribution in [0, 0.1) is 0 Å². The molecule has 0 bridgehead atoms. The molecule has 0 aliphatic carbocycles. The summed E-state index contributed by atoms with van der Waals surface area (Å²) in [7, 11) is 1.46. The molecule has 0 fully saturated rings. The molecule has 0 atom stereocenters. The highest BCUT2D eigenvalue weighted by Gasteiger charge is 2.12. The third-order valence-electron chi connectivity index (χ3n) is 3.07. The number of hydrogen-bond acceptors (Lipinski definition) is 5. The molecule has 0 aromatic heterocycles. The van der Waals surface area contributed by atoms with Crippen LogP contribution < -0.4 is 14.9 Å². The Morgan fingerprint density at radius 3 is 2.79 bits per heavy atom. The van der Waals surface area contributed by atoms with Crippen molar-refractivity contribution in [2.24, 2.45) is 5.10 Å². The van der Waals surface area contributed by atoms with Gasteiger partial charge in [-0.25, -0.2) is 5.43 Å². The fourth-order valence-corrected chi connectivity index (χ4v) is 2.32. The number of methoxy groups -OCH3 is 1. The topological polar surface area (TPSA) is 80.2 Å². The molecule has 2 N–H and O–H groups in total.